The van der Waals surface area contributed by atoms with Crippen LogP contribution in [0.1, 0.15) is 50.2 Å². The van der Waals surface area contributed by atoms with Crippen LogP contribution in [0.4, 0.5) is 0 Å². The molecule has 0 saturated heterocycles. The van der Waals surface area contributed by atoms with Crippen molar-refractivity contribution in [3.05, 3.63) is 89.7 Å². The van der Waals surface area contributed by atoms with Crippen molar-refractivity contribution in [2.75, 3.05) is 19.6 Å². The third-order valence-electron chi connectivity index (χ3n) is 7.10. The Bertz CT molecular complexity index is 1220. The molecule has 2 aromatic heterocycles. The quantitative estimate of drug-likeness (QED) is 0.348. The van der Waals surface area contributed by atoms with Crippen LogP contribution in [0.15, 0.2) is 78.5 Å². The molecule has 0 radical (unpaired) electrons. The largest absolute Gasteiger partial charge is 0.361 e. The number of hydrogen-bond acceptors (Lipinski definition) is 3. The Morgan fingerprint density at radius 3 is 2.67 bits per heavy atom. The maximum Gasteiger partial charge on any atom is 0.123 e. The zero-order valence-electron chi connectivity index (χ0n) is 19.7. The Morgan fingerprint density at radius 2 is 1.88 bits per heavy atom. The summed E-state index contributed by atoms with van der Waals surface area (Å²) in [5.41, 5.74) is 8.38. The van der Waals surface area contributed by atoms with Crippen LogP contribution in [0.3, 0.4) is 0 Å². The van der Waals surface area contributed by atoms with Gasteiger partial charge in [-0.3, -0.25) is 9.47 Å². The van der Waals surface area contributed by atoms with Crippen LogP contribution in [-0.2, 0) is 6.42 Å². The fourth-order valence-electron chi connectivity index (χ4n) is 5.13. The average molecular weight is 440 g/mol. The number of aromatic amines is 1. The van der Waals surface area contributed by atoms with Crippen LogP contribution in [-0.4, -0.2) is 44.3 Å². The first-order valence-corrected chi connectivity index (χ1v) is 12.1. The maximum absolute atomic E-state index is 3.93. The van der Waals surface area contributed by atoms with Gasteiger partial charge in [0.2, 0.25) is 0 Å². The second kappa shape index (κ2) is 9.75. The van der Waals surface area contributed by atoms with Crippen molar-refractivity contribution in [1.82, 2.24) is 24.6 Å². The van der Waals surface area contributed by atoms with E-state index in [2.05, 4.69) is 88.7 Å². The maximum atomic E-state index is 3.93. The minimum Gasteiger partial charge on any atom is -0.361 e. The number of nitrogens with zero attached hydrogens (tertiary/aromatic N) is 4. The van der Waals surface area contributed by atoms with Crippen LogP contribution in [0.5, 0.6) is 0 Å². The molecule has 33 heavy (non-hydrogen) atoms. The Labute approximate surface area is 196 Å². The highest BCUT2D eigenvalue weighted by Gasteiger charge is 2.18. The zero-order chi connectivity index (χ0) is 22.6. The lowest BCUT2D eigenvalue weighted by molar-refractivity contribution is 0.279. The highest BCUT2D eigenvalue weighted by molar-refractivity contribution is 5.85. The van der Waals surface area contributed by atoms with Gasteiger partial charge in [-0.15, -0.1) is 10.2 Å². The molecule has 5 heteroatoms. The van der Waals surface area contributed by atoms with Gasteiger partial charge in [-0.2, -0.15) is 0 Å². The van der Waals surface area contributed by atoms with E-state index in [9.17, 15) is 0 Å². The molecule has 1 aliphatic heterocycles. The minimum absolute atomic E-state index is 0.590. The summed E-state index contributed by atoms with van der Waals surface area (Å²) >= 11 is 0. The monoisotopic (exact) mass is 439 g/mol. The van der Waals surface area contributed by atoms with Crippen LogP contribution in [0.2, 0.25) is 0 Å². The summed E-state index contributed by atoms with van der Waals surface area (Å²) in [6.07, 6.45) is 10.3. The van der Waals surface area contributed by atoms with Gasteiger partial charge >= 0.3 is 0 Å². The third kappa shape index (κ3) is 4.93. The molecular weight excluding hydrogens is 406 g/mol. The first-order chi connectivity index (χ1) is 16.2. The molecule has 0 bridgehead atoms. The van der Waals surface area contributed by atoms with E-state index in [1.54, 1.807) is 23.8 Å². The summed E-state index contributed by atoms with van der Waals surface area (Å²) in [5, 5.41) is 9.16. The van der Waals surface area contributed by atoms with Crippen molar-refractivity contribution >= 4 is 10.9 Å². The number of benzene rings is 2. The van der Waals surface area contributed by atoms with Gasteiger partial charge in [-0.25, -0.2) is 0 Å². The van der Waals surface area contributed by atoms with E-state index in [0.29, 0.717) is 5.92 Å². The van der Waals surface area contributed by atoms with Crippen LogP contribution >= 0.6 is 0 Å². The summed E-state index contributed by atoms with van der Waals surface area (Å²) in [5.74, 6) is 0.590. The standard InChI is InChI=1S/C28H33N5/c1-21(23-7-4-3-5-8-23)15-24-12-14-32(18-22(24)2)13-6-9-25-17-29-28-11-10-26(16-27(25)28)33-19-30-31-20-33/h3-5,7-8,10-11,16-17,19-21,29H,6,9,12-15,18H2,1-2H3. The van der Waals surface area contributed by atoms with E-state index in [0.717, 1.165) is 25.2 Å². The predicted molar refractivity (Wildman–Crippen MR) is 135 cm³/mol. The molecule has 0 aliphatic carbocycles. The lowest BCUT2D eigenvalue weighted by Gasteiger charge is -2.31. The molecule has 0 fully saturated rings. The molecule has 0 spiro atoms. The van der Waals surface area contributed by atoms with Crippen molar-refractivity contribution in [2.45, 2.75) is 45.4 Å². The van der Waals surface area contributed by atoms with Gasteiger partial charge < -0.3 is 4.98 Å². The number of hydrogen-bond donors (Lipinski definition) is 1. The second-order valence-corrected chi connectivity index (χ2v) is 9.44. The van der Waals surface area contributed by atoms with Gasteiger partial charge in [0.1, 0.15) is 12.7 Å². The summed E-state index contributed by atoms with van der Waals surface area (Å²) in [4.78, 5) is 6.06. The molecule has 3 heterocycles. The number of nitrogens with one attached hydrogen (secondary N) is 1. The van der Waals surface area contributed by atoms with Crippen molar-refractivity contribution in [3.63, 3.8) is 0 Å². The number of fused-ring (bicyclic) bond motifs is 1. The number of aromatic nitrogens is 4. The summed E-state index contributed by atoms with van der Waals surface area (Å²) < 4.78 is 1.95. The normalized spacial score (nSPS) is 15.9. The Balaban J connectivity index is 1.17. The Kier molecular flexibility index (Phi) is 6.40. The molecule has 5 nitrogen and oxygen atoms in total. The minimum atomic E-state index is 0.590. The Morgan fingerprint density at radius 1 is 1.06 bits per heavy atom. The van der Waals surface area contributed by atoms with Gasteiger partial charge in [-0.1, -0.05) is 48.4 Å². The van der Waals surface area contributed by atoms with Crippen molar-refractivity contribution in [3.8, 4) is 5.69 Å². The molecule has 1 N–H and O–H groups in total. The molecule has 1 atom stereocenters. The molecule has 0 saturated carbocycles. The third-order valence-corrected chi connectivity index (χ3v) is 7.10. The van der Waals surface area contributed by atoms with Gasteiger partial charge in [0.25, 0.3) is 0 Å². The SMILES string of the molecule is CC1=C(CC(C)c2ccccc2)CCN(CCCc2c[nH]c3ccc(-n4cnnc4)cc23)C1. The van der Waals surface area contributed by atoms with Gasteiger partial charge in [-0.05, 0) is 74.4 Å². The van der Waals surface area contributed by atoms with Crippen molar-refractivity contribution in [2.24, 2.45) is 0 Å². The summed E-state index contributed by atoms with van der Waals surface area (Å²) in [7, 11) is 0. The molecule has 0 amide bonds. The fourth-order valence-corrected chi connectivity index (χ4v) is 5.13. The van der Waals surface area contributed by atoms with Crippen LogP contribution in [0.25, 0.3) is 16.6 Å². The zero-order valence-corrected chi connectivity index (χ0v) is 19.7. The van der Waals surface area contributed by atoms with E-state index in [1.807, 2.05) is 4.57 Å². The van der Waals surface area contributed by atoms with Crippen molar-refractivity contribution in [1.29, 1.82) is 0 Å². The lowest BCUT2D eigenvalue weighted by Crippen LogP contribution is -2.32. The molecule has 2 aromatic carbocycles. The van der Waals surface area contributed by atoms with E-state index < -0.39 is 0 Å². The van der Waals surface area contributed by atoms with E-state index >= 15 is 0 Å². The molecule has 1 aliphatic rings. The van der Waals surface area contributed by atoms with Gasteiger partial charge in [0.15, 0.2) is 0 Å². The van der Waals surface area contributed by atoms with Crippen molar-refractivity contribution < 1.29 is 0 Å². The fraction of sp³-hybridized carbons (Fsp3) is 0.357. The number of H-pyrrole nitrogens is 1. The molecular formula is C28H33N5. The van der Waals surface area contributed by atoms with Gasteiger partial charge in [0.05, 0.1) is 0 Å². The van der Waals surface area contributed by atoms with Gasteiger partial charge in [0, 0.05) is 35.9 Å². The molecule has 5 rings (SSSR count). The molecule has 170 valence electrons. The van der Waals surface area contributed by atoms with Crippen LogP contribution in [0, 0.1) is 0 Å². The molecule has 1 unspecified atom stereocenters. The highest BCUT2D eigenvalue weighted by Crippen LogP contribution is 2.29. The van der Waals surface area contributed by atoms with E-state index in [4.69, 9.17) is 0 Å². The Hall–Kier alpha value is -3.18. The first-order valence-electron chi connectivity index (χ1n) is 12.1. The highest BCUT2D eigenvalue weighted by atomic mass is 15.2. The van der Waals surface area contributed by atoms with E-state index in [-0.39, 0.29) is 0 Å². The number of rotatable bonds is 8. The summed E-state index contributed by atoms with van der Waals surface area (Å²) in [6.45, 7) is 8.14. The van der Waals surface area contributed by atoms with E-state index in [1.165, 1.54) is 47.8 Å². The second-order valence-electron chi connectivity index (χ2n) is 9.44. The van der Waals surface area contributed by atoms with Crippen LogP contribution < -0.4 is 0 Å². The first kappa shape index (κ1) is 21.7. The average Bonchev–Trinajstić information content (AvgIpc) is 3.51. The molecule has 4 aromatic rings. The predicted octanol–water partition coefficient (Wildman–Crippen LogP) is 5.90. The topological polar surface area (TPSA) is 49.7 Å². The number of aryl methyl sites for hydroxylation is 1. The summed E-state index contributed by atoms with van der Waals surface area (Å²) in [6, 6.07) is 17.4. The lowest BCUT2D eigenvalue weighted by atomic mass is 9.88. The smallest absolute Gasteiger partial charge is 0.123 e.